The second-order valence-corrected chi connectivity index (χ2v) is 3.84. The number of aliphatic hydroxyl groups excluding tert-OH is 1. The second kappa shape index (κ2) is 7.70. The summed E-state index contributed by atoms with van der Waals surface area (Å²) in [5, 5.41) is 12.0. The molecule has 2 N–H and O–H groups in total. The first-order valence-electron chi connectivity index (χ1n) is 5.91. The first-order chi connectivity index (χ1) is 9.19. The molecule has 0 fully saturated rings. The van der Waals surface area contributed by atoms with Crippen LogP contribution in [0.2, 0.25) is 0 Å². The Morgan fingerprint density at radius 3 is 2.05 bits per heavy atom. The van der Waals surface area contributed by atoms with Crippen LogP contribution in [0.5, 0.6) is 23.0 Å². The van der Waals surface area contributed by atoms with Crippen LogP contribution in [0.25, 0.3) is 0 Å². The standard InChI is InChI=1S/C13H21NO5/c1-14-9(7-15)8-19-10-5-11(16-2)13(18-4)12(6-10)17-3/h5-6,9,14-15H,7-8H2,1-4H3. The van der Waals surface area contributed by atoms with E-state index in [4.69, 9.17) is 24.1 Å². The molecule has 0 aromatic heterocycles. The summed E-state index contributed by atoms with van der Waals surface area (Å²) in [6, 6.07) is 3.30. The minimum absolute atomic E-state index is 0.000917. The number of ether oxygens (including phenoxy) is 4. The van der Waals surface area contributed by atoms with Crippen molar-refractivity contribution in [3.05, 3.63) is 12.1 Å². The van der Waals surface area contributed by atoms with Gasteiger partial charge in [0.1, 0.15) is 12.4 Å². The zero-order valence-corrected chi connectivity index (χ0v) is 11.7. The molecule has 1 aromatic rings. The first kappa shape index (κ1) is 15.4. The van der Waals surface area contributed by atoms with Gasteiger partial charge in [0.05, 0.1) is 34.0 Å². The quantitative estimate of drug-likeness (QED) is 0.724. The van der Waals surface area contributed by atoms with Crippen molar-refractivity contribution in [2.45, 2.75) is 6.04 Å². The molecule has 1 rings (SSSR count). The van der Waals surface area contributed by atoms with Gasteiger partial charge in [-0.2, -0.15) is 0 Å². The predicted octanol–water partition coefficient (Wildman–Crippen LogP) is 0.671. The van der Waals surface area contributed by atoms with Gasteiger partial charge in [-0.3, -0.25) is 0 Å². The highest BCUT2D eigenvalue weighted by molar-refractivity contribution is 5.55. The molecule has 1 aromatic carbocycles. The lowest BCUT2D eigenvalue weighted by Gasteiger charge is -2.17. The minimum atomic E-state index is -0.126. The molecule has 1 atom stereocenters. The summed E-state index contributed by atoms with van der Waals surface area (Å²) in [5.74, 6) is 2.16. The van der Waals surface area contributed by atoms with E-state index < -0.39 is 0 Å². The molecule has 0 aliphatic heterocycles. The molecule has 0 radical (unpaired) electrons. The highest BCUT2D eigenvalue weighted by Gasteiger charge is 2.14. The molecule has 0 bridgehead atoms. The first-order valence-corrected chi connectivity index (χ1v) is 5.91. The number of nitrogens with one attached hydrogen (secondary N) is 1. The van der Waals surface area contributed by atoms with Crippen LogP contribution in [0.3, 0.4) is 0 Å². The smallest absolute Gasteiger partial charge is 0.203 e. The Morgan fingerprint density at radius 2 is 1.68 bits per heavy atom. The largest absolute Gasteiger partial charge is 0.493 e. The highest BCUT2D eigenvalue weighted by Crippen LogP contribution is 2.40. The monoisotopic (exact) mass is 271 g/mol. The third kappa shape index (κ3) is 3.90. The maximum Gasteiger partial charge on any atom is 0.203 e. The average molecular weight is 271 g/mol. The lowest BCUT2D eigenvalue weighted by molar-refractivity contribution is 0.188. The molecule has 19 heavy (non-hydrogen) atoms. The number of aliphatic hydroxyl groups is 1. The van der Waals surface area contributed by atoms with Crippen LogP contribution in [0.1, 0.15) is 0 Å². The van der Waals surface area contributed by atoms with Crippen LogP contribution in [-0.2, 0) is 0 Å². The molecule has 0 heterocycles. The third-order valence-corrected chi connectivity index (χ3v) is 2.72. The number of rotatable bonds is 8. The van der Waals surface area contributed by atoms with E-state index in [0.717, 1.165) is 0 Å². The van der Waals surface area contributed by atoms with E-state index in [0.29, 0.717) is 29.6 Å². The highest BCUT2D eigenvalue weighted by atomic mass is 16.5. The number of hydrogen-bond acceptors (Lipinski definition) is 6. The van der Waals surface area contributed by atoms with E-state index in [1.54, 1.807) is 40.5 Å². The van der Waals surface area contributed by atoms with Gasteiger partial charge in [-0.1, -0.05) is 0 Å². The van der Waals surface area contributed by atoms with E-state index in [1.165, 1.54) is 0 Å². The Labute approximate surface area is 113 Å². The van der Waals surface area contributed by atoms with Crippen molar-refractivity contribution in [3.8, 4) is 23.0 Å². The summed E-state index contributed by atoms with van der Waals surface area (Å²) >= 11 is 0. The van der Waals surface area contributed by atoms with Gasteiger partial charge in [0.25, 0.3) is 0 Å². The third-order valence-electron chi connectivity index (χ3n) is 2.72. The van der Waals surface area contributed by atoms with Crippen molar-refractivity contribution in [3.63, 3.8) is 0 Å². The van der Waals surface area contributed by atoms with Crippen LogP contribution in [0, 0.1) is 0 Å². The van der Waals surface area contributed by atoms with E-state index in [9.17, 15) is 0 Å². The van der Waals surface area contributed by atoms with Crippen LogP contribution in [0.4, 0.5) is 0 Å². The Kier molecular flexibility index (Phi) is 6.24. The lowest BCUT2D eigenvalue weighted by Crippen LogP contribution is -2.34. The van der Waals surface area contributed by atoms with E-state index in [-0.39, 0.29) is 12.6 Å². The molecular formula is C13H21NO5. The molecule has 6 nitrogen and oxygen atoms in total. The van der Waals surface area contributed by atoms with Crippen LogP contribution in [-0.4, -0.2) is 52.7 Å². The van der Waals surface area contributed by atoms with Gasteiger partial charge in [0.2, 0.25) is 5.75 Å². The summed E-state index contributed by atoms with van der Waals surface area (Å²) in [4.78, 5) is 0. The van der Waals surface area contributed by atoms with Crippen LogP contribution < -0.4 is 24.3 Å². The molecule has 108 valence electrons. The van der Waals surface area contributed by atoms with Crippen molar-refractivity contribution in [1.82, 2.24) is 5.32 Å². The second-order valence-electron chi connectivity index (χ2n) is 3.84. The maximum atomic E-state index is 9.08. The van der Waals surface area contributed by atoms with E-state index >= 15 is 0 Å². The lowest BCUT2D eigenvalue weighted by atomic mass is 10.2. The van der Waals surface area contributed by atoms with Crippen molar-refractivity contribution in [1.29, 1.82) is 0 Å². The summed E-state index contributed by atoms with van der Waals surface area (Å²) in [6.07, 6.45) is 0. The van der Waals surface area contributed by atoms with Crippen LogP contribution in [0.15, 0.2) is 12.1 Å². The fourth-order valence-corrected chi connectivity index (χ4v) is 1.56. The molecule has 0 saturated heterocycles. The molecule has 0 amide bonds. The molecule has 0 aliphatic rings. The number of hydrogen-bond donors (Lipinski definition) is 2. The van der Waals surface area contributed by atoms with Crippen molar-refractivity contribution in [2.24, 2.45) is 0 Å². The fraction of sp³-hybridized carbons (Fsp3) is 0.538. The van der Waals surface area contributed by atoms with Gasteiger partial charge in [-0.25, -0.2) is 0 Å². The average Bonchev–Trinajstić information content (AvgIpc) is 2.46. The van der Waals surface area contributed by atoms with Gasteiger partial charge in [-0.15, -0.1) is 0 Å². The number of benzene rings is 1. The maximum absolute atomic E-state index is 9.08. The summed E-state index contributed by atoms with van der Waals surface area (Å²) in [5.41, 5.74) is 0. The zero-order chi connectivity index (χ0) is 14.3. The fourth-order valence-electron chi connectivity index (χ4n) is 1.56. The molecule has 6 heteroatoms. The molecule has 0 aliphatic carbocycles. The zero-order valence-electron chi connectivity index (χ0n) is 11.7. The van der Waals surface area contributed by atoms with Gasteiger partial charge < -0.3 is 29.4 Å². The number of likely N-dealkylation sites (N-methyl/N-ethyl adjacent to an activating group) is 1. The Hall–Kier alpha value is -1.66. The molecule has 0 saturated carbocycles. The minimum Gasteiger partial charge on any atom is -0.493 e. The SMILES string of the molecule is CNC(CO)COc1cc(OC)c(OC)c(OC)c1. The predicted molar refractivity (Wildman–Crippen MR) is 71.5 cm³/mol. The van der Waals surface area contributed by atoms with Gasteiger partial charge in [0.15, 0.2) is 11.5 Å². The molecule has 0 spiro atoms. The Bertz CT molecular complexity index is 368. The van der Waals surface area contributed by atoms with Crippen molar-refractivity contribution >= 4 is 0 Å². The number of methoxy groups -OCH3 is 3. The van der Waals surface area contributed by atoms with E-state index in [1.807, 2.05) is 0 Å². The van der Waals surface area contributed by atoms with Gasteiger partial charge in [-0.05, 0) is 7.05 Å². The Balaban J connectivity index is 2.90. The summed E-state index contributed by atoms with van der Waals surface area (Å²) in [6.45, 7) is 0.340. The van der Waals surface area contributed by atoms with E-state index in [2.05, 4.69) is 5.32 Å². The topological polar surface area (TPSA) is 69.2 Å². The van der Waals surface area contributed by atoms with Crippen molar-refractivity contribution < 1.29 is 24.1 Å². The van der Waals surface area contributed by atoms with Gasteiger partial charge >= 0.3 is 0 Å². The summed E-state index contributed by atoms with van der Waals surface area (Å²) in [7, 11) is 6.40. The molecular weight excluding hydrogens is 250 g/mol. The van der Waals surface area contributed by atoms with Gasteiger partial charge in [0, 0.05) is 12.1 Å². The Morgan fingerprint density at radius 1 is 1.11 bits per heavy atom. The normalized spacial score (nSPS) is 11.8. The van der Waals surface area contributed by atoms with Crippen LogP contribution >= 0.6 is 0 Å². The molecule has 1 unspecified atom stereocenters. The van der Waals surface area contributed by atoms with Crippen molar-refractivity contribution in [2.75, 3.05) is 41.6 Å². The summed E-state index contributed by atoms with van der Waals surface area (Å²) < 4.78 is 21.3.